The Hall–Kier alpha value is -3.64. The first kappa shape index (κ1) is 23.5. The molecule has 0 aliphatic carbocycles. The molecular formula is C28H29NO5. The maximum Gasteiger partial charge on any atom is 0.341 e. The number of nitrogens with zero attached hydrogens (tertiary/aromatic N) is 1. The van der Waals surface area contributed by atoms with E-state index in [2.05, 4.69) is 0 Å². The normalized spacial score (nSPS) is 15.1. The zero-order chi connectivity index (χ0) is 23.9. The number of carbonyl (C=O) groups excluding carboxylic acids is 2. The summed E-state index contributed by atoms with van der Waals surface area (Å²) < 4.78 is 10.7. The number of phenolic OH excluding ortho intramolecular Hbond substituents is 1. The van der Waals surface area contributed by atoms with Crippen molar-refractivity contribution in [2.45, 2.75) is 25.4 Å². The minimum absolute atomic E-state index is 0.0302. The highest BCUT2D eigenvalue weighted by molar-refractivity contribution is 6.05. The first-order valence-corrected chi connectivity index (χ1v) is 11.5. The number of Topliss-reactive ketones (excluding diaryl/α,β-unsaturated/α-hetero) is 1. The van der Waals surface area contributed by atoms with Crippen molar-refractivity contribution >= 4 is 17.4 Å². The van der Waals surface area contributed by atoms with Crippen LogP contribution >= 0.6 is 0 Å². The molecule has 1 atom stereocenters. The van der Waals surface area contributed by atoms with Gasteiger partial charge in [0.15, 0.2) is 5.78 Å². The molecule has 0 amide bonds. The van der Waals surface area contributed by atoms with Crippen LogP contribution in [0.1, 0.15) is 44.7 Å². The Labute approximate surface area is 199 Å². The van der Waals surface area contributed by atoms with E-state index in [-0.39, 0.29) is 35.3 Å². The Kier molecular flexibility index (Phi) is 7.60. The standard InChI is InChI=1S/C28H29NO5/c1-33-28(32)26-21(17-20-9-4-2-5-10-20)14-15-24(27(26)31)25(30)19-29(18-23-13-8-16-34-23)22-11-6-3-7-12-22/h2-7,9-12,14-15,23,31H,8,13,16-19H2,1H3. The van der Waals surface area contributed by atoms with Gasteiger partial charge in [0.05, 0.1) is 25.3 Å². The van der Waals surface area contributed by atoms with Gasteiger partial charge in [-0.05, 0) is 48.6 Å². The van der Waals surface area contributed by atoms with E-state index in [9.17, 15) is 14.7 Å². The van der Waals surface area contributed by atoms with Crippen molar-refractivity contribution in [2.75, 3.05) is 31.7 Å². The fraction of sp³-hybridized carbons (Fsp3) is 0.286. The van der Waals surface area contributed by atoms with Crippen molar-refractivity contribution in [2.24, 2.45) is 0 Å². The van der Waals surface area contributed by atoms with Crippen LogP contribution in [0.4, 0.5) is 5.69 Å². The molecule has 0 bridgehead atoms. The summed E-state index contributed by atoms with van der Waals surface area (Å²) in [5.41, 5.74) is 2.62. The number of anilines is 1. The van der Waals surface area contributed by atoms with Gasteiger partial charge >= 0.3 is 5.97 Å². The minimum atomic E-state index is -0.669. The monoisotopic (exact) mass is 459 g/mol. The zero-order valence-electron chi connectivity index (χ0n) is 19.3. The molecule has 6 heteroatoms. The third-order valence-corrected chi connectivity index (χ3v) is 6.10. The average Bonchev–Trinajstić information content (AvgIpc) is 3.38. The Morgan fingerprint density at radius 1 is 1.03 bits per heavy atom. The van der Waals surface area contributed by atoms with Gasteiger partial charge in [-0.25, -0.2) is 4.79 Å². The van der Waals surface area contributed by atoms with Crippen molar-refractivity contribution < 1.29 is 24.2 Å². The van der Waals surface area contributed by atoms with Crippen LogP contribution in [-0.4, -0.2) is 49.8 Å². The molecule has 0 aromatic heterocycles. The van der Waals surface area contributed by atoms with Crippen LogP contribution < -0.4 is 4.90 Å². The Balaban J connectivity index is 1.62. The molecule has 1 N–H and O–H groups in total. The van der Waals surface area contributed by atoms with Crippen LogP contribution in [0.25, 0.3) is 0 Å². The molecule has 1 aliphatic rings. The summed E-state index contributed by atoms with van der Waals surface area (Å²) in [6.07, 6.45) is 2.44. The lowest BCUT2D eigenvalue weighted by molar-refractivity contribution is 0.0596. The van der Waals surface area contributed by atoms with Crippen LogP contribution in [0.15, 0.2) is 72.8 Å². The molecule has 1 unspecified atom stereocenters. The fourth-order valence-electron chi connectivity index (χ4n) is 4.34. The summed E-state index contributed by atoms with van der Waals surface area (Å²) >= 11 is 0. The van der Waals surface area contributed by atoms with Gasteiger partial charge < -0.3 is 19.5 Å². The number of esters is 1. The van der Waals surface area contributed by atoms with Gasteiger partial charge in [0.1, 0.15) is 11.3 Å². The number of methoxy groups -OCH3 is 1. The van der Waals surface area contributed by atoms with Crippen LogP contribution in [0.5, 0.6) is 5.75 Å². The number of phenols is 1. The molecule has 0 saturated carbocycles. The second kappa shape index (κ2) is 11.0. The first-order valence-electron chi connectivity index (χ1n) is 11.5. The van der Waals surface area contributed by atoms with Crippen molar-refractivity contribution in [3.63, 3.8) is 0 Å². The zero-order valence-corrected chi connectivity index (χ0v) is 19.3. The van der Waals surface area contributed by atoms with Gasteiger partial charge in [0.25, 0.3) is 0 Å². The third kappa shape index (κ3) is 5.46. The molecule has 3 aromatic carbocycles. The minimum Gasteiger partial charge on any atom is -0.506 e. The number of ether oxygens (including phenoxy) is 2. The van der Waals surface area contributed by atoms with Crippen molar-refractivity contribution in [3.05, 3.63) is 95.1 Å². The lowest BCUT2D eigenvalue weighted by Crippen LogP contribution is -2.36. The summed E-state index contributed by atoms with van der Waals surface area (Å²) in [4.78, 5) is 27.9. The lowest BCUT2D eigenvalue weighted by Gasteiger charge is -2.27. The van der Waals surface area contributed by atoms with E-state index in [4.69, 9.17) is 9.47 Å². The predicted molar refractivity (Wildman–Crippen MR) is 131 cm³/mol. The molecular weight excluding hydrogens is 430 g/mol. The highest BCUT2D eigenvalue weighted by atomic mass is 16.5. The number of aromatic hydroxyl groups is 1. The summed E-state index contributed by atoms with van der Waals surface area (Å²) in [6, 6.07) is 22.6. The van der Waals surface area contributed by atoms with E-state index >= 15 is 0 Å². The quantitative estimate of drug-likeness (QED) is 0.371. The van der Waals surface area contributed by atoms with Crippen molar-refractivity contribution in [1.29, 1.82) is 0 Å². The fourth-order valence-corrected chi connectivity index (χ4v) is 4.34. The van der Waals surface area contributed by atoms with Gasteiger partial charge in [-0.1, -0.05) is 54.6 Å². The summed E-state index contributed by atoms with van der Waals surface area (Å²) in [6.45, 7) is 1.36. The highest BCUT2D eigenvalue weighted by Gasteiger charge is 2.26. The van der Waals surface area contributed by atoms with E-state index in [0.29, 0.717) is 18.5 Å². The predicted octanol–water partition coefficient (Wildman–Crippen LogP) is 4.64. The number of hydrogen-bond acceptors (Lipinski definition) is 6. The smallest absolute Gasteiger partial charge is 0.341 e. The van der Waals surface area contributed by atoms with Crippen LogP contribution in [0, 0.1) is 0 Å². The molecule has 176 valence electrons. The molecule has 1 heterocycles. The second-order valence-corrected chi connectivity index (χ2v) is 8.42. The van der Waals surface area contributed by atoms with E-state index in [1.54, 1.807) is 12.1 Å². The van der Waals surface area contributed by atoms with E-state index < -0.39 is 5.97 Å². The van der Waals surface area contributed by atoms with Crippen molar-refractivity contribution in [1.82, 2.24) is 0 Å². The van der Waals surface area contributed by atoms with Crippen LogP contribution in [0.2, 0.25) is 0 Å². The first-order chi connectivity index (χ1) is 16.6. The van der Waals surface area contributed by atoms with E-state index in [1.807, 2.05) is 65.6 Å². The number of rotatable bonds is 9. The third-order valence-electron chi connectivity index (χ3n) is 6.10. The number of para-hydroxylation sites is 1. The summed E-state index contributed by atoms with van der Waals surface area (Å²) in [5.74, 6) is -1.29. The van der Waals surface area contributed by atoms with Crippen LogP contribution in [0.3, 0.4) is 0 Å². The molecule has 1 saturated heterocycles. The summed E-state index contributed by atoms with van der Waals surface area (Å²) in [5, 5.41) is 11.0. The number of carbonyl (C=O) groups is 2. The SMILES string of the molecule is COC(=O)c1c(Cc2ccccc2)ccc(C(=O)CN(CC2CCCO2)c2ccccc2)c1O. The Morgan fingerprint density at radius 2 is 1.74 bits per heavy atom. The largest absolute Gasteiger partial charge is 0.506 e. The highest BCUT2D eigenvalue weighted by Crippen LogP contribution is 2.30. The second-order valence-electron chi connectivity index (χ2n) is 8.42. The van der Waals surface area contributed by atoms with Gasteiger partial charge in [0.2, 0.25) is 0 Å². The maximum atomic E-state index is 13.4. The maximum absolute atomic E-state index is 13.4. The number of ketones is 1. The molecule has 3 aromatic rings. The van der Waals surface area contributed by atoms with Gasteiger partial charge in [-0.15, -0.1) is 0 Å². The summed E-state index contributed by atoms with van der Waals surface area (Å²) in [7, 11) is 1.27. The van der Waals surface area contributed by atoms with Crippen molar-refractivity contribution in [3.8, 4) is 5.75 Å². The molecule has 34 heavy (non-hydrogen) atoms. The molecule has 0 spiro atoms. The number of benzene rings is 3. The van der Waals surface area contributed by atoms with E-state index in [1.165, 1.54) is 7.11 Å². The van der Waals surface area contributed by atoms with Gasteiger partial charge in [-0.3, -0.25) is 4.79 Å². The average molecular weight is 460 g/mol. The Morgan fingerprint density at radius 3 is 2.38 bits per heavy atom. The molecule has 4 rings (SSSR count). The Bertz CT molecular complexity index is 1120. The topological polar surface area (TPSA) is 76.1 Å². The molecule has 0 radical (unpaired) electrons. The molecule has 6 nitrogen and oxygen atoms in total. The lowest BCUT2D eigenvalue weighted by atomic mass is 9.95. The molecule has 1 aliphatic heterocycles. The van der Waals surface area contributed by atoms with Gasteiger partial charge in [-0.2, -0.15) is 0 Å². The molecule has 1 fully saturated rings. The van der Waals surface area contributed by atoms with Crippen LogP contribution in [-0.2, 0) is 15.9 Å². The van der Waals surface area contributed by atoms with E-state index in [0.717, 1.165) is 30.7 Å². The number of hydrogen-bond donors (Lipinski definition) is 1. The van der Waals surface area contributed by atoms with Gasteiger partial charge in [0, 0.05) is 18.8 Å².